The number of ether oxygens (including phenoxy) is 1. The van der Waals surface area contributed by atoms with Crippen molar-refractivity contribution in [3.05, 3.63) is 33.8 Å². The minimum Gasteiger partial charge on any atom is -0.450 e. The molecule has 2 N–H and O–H groups in total. The molecule has 0 saturated carbocycles. The molecule has 1 amide bonds. The first-order valence-electron chi connectivity index (χ1n) is 7.12. The fraction of sp³-hybridized carbons (Fsp3) is 0.533. The molecule has 1 aromatic carbocycles. The SMILES string of the molecule is CNC(=O)OCC[C@@H]1CCNCC1c1ccc(Cl)c(Cl)c1. The summed E-state index contributed by atoms with van der Waals surface area (Å²) in [5.41, 5.74) is 1.18. The Labute approximate surface area is 135 Å². The van der Waals surface area contributed by atoms with Gasteiger partial charge in [0.25, 0.3) is 0 Å². The summed E-state index contributed by atoms with van der Waals surface area (Å²) < 4.78 is 5.10. The molecule has 0 aliphatic carbocycles. The molecule has 1 heterocycles. The lowest BCUT2D eigenvalue weighted by molar-refractivity contribution is 0.134. The lowest BCUT2D eigenvalue weighted by Gasteiger charge is -2.32. The van der Waals surface area contributed by atoms with Gasteiger partial charge in [-0.05, 0) is 48.9 Å². The third kappa shape index (κ3) is 4.50. The molecule has 1 aliphatic heterocycles. The second kappa shape index (κ2) is 7.87. The van der Waals surface area contributed by atoms with Crippen LogP contribution in [0.5, 0.6) is 0 Å². The maximum atomic E-state index is 11.1. The standard InChI is InChI=1S/C15H20Cl2N2O2/c1-18-15(20)21-7-5-10-4-6-19-9-12(10)11-2-3-13(16)14(17)8-11/h2-3,8,10,12,19H,4-7,9H2,1H3,(H,18,20)/t10-,12?/m0/s1. The van der Waals surface area contributed by atoms with E-state index in [2.05, 4.69) is 10.6 Å². The number of amides is 1. The summed E-state index contributed by atoms with van der Waals surface area (Å²) in [5.74, 6) is 0.829. The quantitative estimate of drug-likeness (QED) is 0.889. The van der Waals surface area contributed by atoms with Crippen molar-refractivity contribution < 1.29 is 9.53 Å². The highest BCUT2D eigenvalue weighted by Crippen LogP contribution is 2.34. The van der Waals surface area contributed by atoms with Crippen LogP contribution < -0.4 is 10.6 Å². The summed E-state index contributed by atoms with van der Waals surface area (Å²) in [6, 6.07) is 5.80. The average Bonchev–Trinajstić information content (AvgIpc) is 2.50. The van der Waals surface area contributed by atoms with Crippen LogP contribution in [0.4, 0.5) is 4.79 Å². The van der Waals surface area contributed by atoms with Gasteiger partial charge < -0.3 is 15.4 Å². The minimum atomic E-state index is -0.380. The molecule has 0 radical (unpaired) electrons. The highest BCUT2D eigenvalue weighted by Gasteiger charge is 2.26. The van der Waals surface area contributed by atoms with Crippen molar-refractivity contribution in [2.75, 3.05) is 26.7 Å². The molecule has 1 saturated heterocycles. The largest absolute Gasteiger partial charge is 0.450 e. The molecular formula is C15H20Cl2N2O2. The molecule has 2 atom stereocenters. The number of hydrogen-bond donors (Lipinski definition) is 2. The zero-order valence-electron chi connectivity index (χ0n) is 12.0. The number of alkyl carbamates (subject to hydrolysis) is 1. The van der Waals surface area contributed by atoms with Crippen LogP contribution in [-0.4, -0.2) is 32.8 Å². The number of piperidine rings is 1. The molecule has 1 aromatic rings. The maximum Gasteiger partial charge on any atom is 0.406 e. The predicted octanol–water partition coefficient (Wildman–Crippen LogP) is 3.43. The van der Waals surface area contributed by atoms with E-state index in [4.69, 9.17) is 27.9 Å². The van der Waals surface area contributed by atoms with E-state index in [0.29, 0.717) is 28.5 Å². The maximum absolute atomic E-state index is 11.1. The van der Waals surface area contributed by atoms with Gasteiger partial charge >= 0.3 is 6.09 Å². The van der Waals surface area contributed by atoms with E-state index < -0.39 is 0 Å². The molecule has 4 nitrogen and oxygen atoms in total. The van der Waals surface area contributed by atoms with Gasteiger partial charge in [-0.2, -0.15) is 0 Å². The molecule has 1 unspecified atom stereocenters. The monoisotopic (exact) mass is 330 g/mol. The van der Waals surface area contributed by atoms with Gasteiger partial charge in [0.15, 0.2) is 0 Å². The second-order valence-electron chi connectivity index (χ2n) is 5.21. The second-order valence-corrected chi connectivity index (χ2v) is 6.02. The van der Waals surface area contributed by atoms with E-state index in [1.807, 2.05) is 18.2 Å². The normalized spacial score (nSPS) is 21.9. The molecule has 2 rings (SSSR count). The fourth-order valence-electron chi connectivity index (χ4n) is 2.77. The molecular weight excluding hydrogens is 311 g/mol. The lowest BCUT2D eigenvalue weighted by Crippen LogP contribution is -2.36. The number of hydrogen-bond acceptors (Lipinski definition) is 3. The third-order valence-corrected chi connectivity index (χ3v) is 4.66. The van der Waals surface area contributed by atoms with Crippen molar-refractivity contribution >= 4 is 29.3 Å². The van der Waals surface area contributed by atoms with Gasteiger partial charge in [0.05, 0.1) is 16.7 Å². The Bertz CT molecular complexity index is 497. The minimum absolute atomic E-state index is 0.363. The van der Waals surface area contributed by atoms with Gasteiger partial charge in [-0.1, -0.05) is 29.3 Å². The van der Waals surface area contributed by atoms with Gasteiger partial charge in [-0.3, -0.25) is 0 Å². The molecule has 1 aliphatic rings. The van der Waals surface area contributed by atoms with Crippen LogP contribution in [0.1, 0.15) is 24.3 Å². The average molecular weight is 331 g/mol. The molecule has 6 heteroatoms. The Kier molecular flexibility index (Phi) is 6.15. The first-order valence-corrected chi connectivity index (χ1v) is 7.87. The van der Waals surface area contributed by atoms with Crippen molar-refractivity contribution in [2.24, 2.45) is 5.92 Å². The Balaban J connectivity index is 2.01. The van der Waals surface area contributed by atoms with Crippen LogP contribution in [0.2, 0.25) is 10.0 Å². The van der Waals surface area contributed by atoms with E-state index in [1.165, 1.54) is 5.56 Å². The van der Waals surface area contributed by atoms with Crippen LogP contribution in [0.25, 0.3) is 0 Å². The topological polar surface area (TPSA) is 50.4 Å². The van der Waals surface area contributed by atoms with Crippen LogP contribution in [0.3, 0.4) is 0 Å². The highest BCUT2D eigenvalue weighted by atomic mass is 35.5. The summed E-state index contributed by atoms with van der Waals surface area (Å²) in [4.78, 5) is 11.1. The van der Waals surface area contributed by atoms with Crippen LogP contribution in [-0.2, 0) is 4.74 Å². The number of rotatable bonds is 4. The van der Waals surface area contributed by atoms with E-state index in [1.54, 1.807) is 7.05 Å². The zero-order chi connectivity index (χ0) is 15.2. The van der Waals surface area contributed by atoms with Gasteiger partial charge in [-0.25, -0.2) is 4.79 Å². The first kappa shape index (κ1) is 16.4. The van der Waals surface area contributed by atoms with E-state index in [0.717, 1.165) is 25.9 Å². The van der Waals surface area contributed by atoms with E-state index in [9.17, 15) is 4.79 Å². The predicted molar refractivity (Wildman–Crippen MR) is 85.2 cm³/mol. The Morgan fingerprint density at radius 1 is 1.43 bits per heavy atom. The Morgan fingerprint density at radius 3 is 2.95 bits per heavy atom. The van der Waals surface area contributed by atoms with E-state index >= 15 is 0 Å². The van der Waals surface area contributed by atoms with Crippen molar-refractivity contribution in [1.29, 1.82) is 0 Å². The van der Waals surface area contributed by atoms with Crippen LogP contribution >= 0.6 is 23.2 Å². The summed E-state index contributed by atoms with van der Waals surface area (Å²) in [6.45, 7) is 2.33. The number of benzene rings is 1. The third-order valence-electron chi connectivity index (χ3n) is 3.92. The van der Waals surface area contributed by atoms with Crippen molar-refractivity contribution in [2.45, 2.75) is 18.8 Å². The van der Waals surface area contributed by atoms with Crippen LogP contribution in [0, 0.1) is 5.92 Å². The zero-order valence-corrected chi connectivity index (χ0v) is 13.5. The van der Waals surface area contributed by atoms with Crippen LogP contribution in [0.15, 0.2) is 18.2 Å². The summed E-state index contributed by atoms with van der Waals surface area (Å²) in [6.07, 6.45) is 1.53. The van der Waals surface area contributed by atoms with Gasteiger partial charge in [0.1, 0.15) is 0 Å². The van der Waals surface area contributed by atoms with Crippen molar-refractivity contribution in [1.82, 2.24) is 10.6 Å². The summed E-state index contributed by atoms with van der Waals surface area (Å²) >= 11 is 12.1. The molecule has 1 fully saturated rings. The van der Waals surface area contributed by atoms with Gasteiger partial charge in [0, 0.05) is 13.6 Å². The molecule has 0 bridgehead atoms. The Morgan fingerprint density at radius 2 is 2.24 bits per heavy atom. The Hall–Kier alpha value is -0.970. The van der Waals surface area contributed by atoms with Crippen molar-refractivity contribution in [3.63, 3.8) is 0 Å². The lowest BCUT2D eigenvalue weighted by atomic mass is 9.80. The fourth-order valence-corrected chi connectivity index (χ4v) is 3.07. The van der Waals surface area contributed by atoms with E-state index in [-0.39, 0.29) is 6.09 Å². The highest BCUT2D eigenvalue weighted by molar-refractivity contribution is 6.42. The number of halogens is 2. The molecule has 116 valence electrons. The first-order chi connectivity index (χ1) is 10.1. The summed E-state index contributed by atoms with van der Waals surface area (Å²) in [7, 11) is 1.56. The smallest absolute Gasteiger partial charge is 0.406 e. The van der Waals surface area contributed by atoms with Gasteiger partial charge in [0.2, 0.25) is 0 Å². The number of nitrogens with one attached hydrogen (secondary N) is 2. The molecule has 0 aromatic heterocycles. The number of carbonyl (C=O) groups excluding carboxylic acids is 1. The molecule has 0 spiro atoms. The number of carbonyl (C=O) groups is 1. The van der Waals surface area contributed by atoms with Gasteiger partial charge in [-0.15, -0.1) is 0 Å². The summed E-state index contributed by atoms with van der Waals surface area (Å²) in [5, 5.41) is 7.02. The van der Waals surface area contributed by atoms with Crippen molar-refractivity contribution in [3.8, 4) is 0 Å². The molecule has 21 heavy (non-hydrogen) atoms.